The summed E-state index contributed by atoms with van der Waals surface area (Å²) in [6.07, 6.45) is 0.205. The summed E-state index contributed by atoms with van der Waals surface area (Å²) >= 11 is 1.49. The van der Waals surface area contributed by atoms with Crippen molar-refractivity contribution in [2.75, 3.05) is 0 Å². The number of carboxylic acids is 1. The van der Waals surface area contributed by atoms with Gasteiger partial charge in [-0.3, -0.25) is 4.79 Å². The Morgan fingerprint density at radius 3 is 2.84 bits per heavy atom. The van der Waals surface area contributed by atoms with Crippen LogP contribution in [0.2, 0.25) is 0 Å². The van der Waals surface area contributed by atoms with E-state index in [1.54, 1.807) is 0 Å². The van der Waals surface area contributed by atoms with E-state index in [2.05, 4.69) is 10.3 Å². The maximum atomic E-state index is 11.6. The summed E-state index contributed by atoms with van der Waals surface area (Å²) in [7, 11) is 0. The zero-order valence-corrected chi connectivity index (χ0v) is 11.0. The first kappa shape index (κ1) is 13.3. The van der Waals surface area contributed by atoms with E-state index >= 15 is 0 Å². The molecule has 0 unspecified atom stereocenters. The quantitative estimate of drug-likeness (QED) is 0.867. The fourth-order valence-corrected chi connectivity index (χ4v) is 2.10. The second-order valence-electron chi connectivity index (χ2n) is 3.88. The van der Waals surface area contributed by atoms with Crippen LogP contribution in [0, 0.1) is 6.92 Å². The highest BCUT2D eigenvalue weighted by atomic mass is 32.1. The van der Waals surface area contributed by atoms with E-state index in [-0.39, 0.29) is 24.6 Å². The third-order valence-electron chi connectivity index (χ3n) is 2.34. The van der Waals surface area contributed by atoms with Crippen LogP contribution in [-0.4, -0.2) is 22.0 Å². The Morgan fingerprint density at radius 2 is 2.26 bits per heavy atom. The number of aryl methyl sites for hydroxylation is 1. The predicted octanol–water partition coefficient (Wildman–Crippen LogP) is 1.60. The fourth-order valence-electron chi connectivity index (χ4n) is 1.49. The summed E-state index contributed by atoms with van der Waals surface area (Å²) in [5.41, 5.74) is 0.727. The standard InChI is InChI=1S/C12H12N2O4S/c1-7-14-8(6-19-7)4-11(15)13-5-9-2-3-10(18-9)12(16)17/h2-3,6H,4-5H2,1H3,(H,13,15)(H,16,17). The van der Waals surface area contributed by atoms with Crippen LogP contribution < -0.4 is 5.32 Å². The molecule has 19 heavy (non-hydrogen) atoms. The molecular formula is C12H12N2O4S. The number of amides is 1. The molecule has 2 aromatic heterocycles. The molecule has 0 atom stereocenters. The molecule has 0 aliphatic heterocycles. The van der Waals surface area contributed by atoms with Gasteiger partial charge < -0.3 is 14.8 Å². The number of rotatable bonds is 5. The van der Waals surface area contributed by atoms with Gasteiger partial charge in [0.25, 0.3) is 0 Å². The van der Waals surface area contributed by atoms with Gasteiger partial charge in [0.15, 0.2) is 0 Å². The molecule has 0 radical (unpaired) electrons. The summed E-state index contributed by atoms with van der Waals surface area (Å²) in [6, 6.07) is 2.88. The van der Waals surface area contributed by atoms with E-state index in [4.69, 9.17) is 9.52 Å². The second kappa shape index (κ2) is 5.66. The lowest BCUT2D eigenvalue weighted by atomic mass is 10.3. The second-order valence-corrected chi connectivity index (χ2v) is 4.94. The number of thiazole rings is 1. The Kier molecular flexibility index (Phi) is 3.96. The van der Waals surface area contributed by atoms with Crippen LogP contribution in [0.5, 0.6) is 0 Å². The van der Waals surface area contributed by atoms with Gasteiger partial charge in [0.1, 0.15) is 5.76 Å². The van der Waals surface area contributed by atoms with Crippen LogP contribution in [0.25, 0.3) is 0 Å². The number of nitrogens with zero attached hydrogens (tertiary/aromatic N) is 1. The van der Waals surface area contributed by atoms with E-state index < -0.39 is 5.97 Å². The molecule has 0 fully saturated rings. The van der Waals surface area contributed by atoms with Crippen LogP contribution in [0.1, 0.15) is 27.0 Å². The molecule has 0 aliphatic rings. The number of nitrogens with one attached hydrogen (secondary N) is 1. The first-order valence-corrected chi connectivity index (χ1v) is 6.42. The number of aromatic carboxylic acids is 1. The Balaban J connectivity index is 1.84. The molecule has 2 aromatic rings. The highest BCUT2D eigenvalue weighted by Crippen LogP contribution is 2.09. The molecule has 7 heteroatoms. The number of hydrogen-bond donors (Lipinski definition) is 2. The van der Waals surface area contributed by atoms with Gasteiger partial charge >= 0.3 is 5.97 Å². The molecule has 0 saturated heterocycles. The molecule has 2 rings (SSSR count). The zero-order chi connectivity index (χ0) is 13.8. The van der Waals surface area contributed by atoms with Gasteiger partial charge in [-0.1, -0.05) is 0 Å². The monoisotopic (exact) mass is 280 g/mol. The molecule has 2 N–H and O–H groups in total. The van der Waals surface area contributed by atoms with E-state index in [1.807, 2.05) is 12.3 Å². The largest absolute Gasteiger partial charge is 0.475 e. The summed E-state index contributed by atoms with van der Waals surface area (Å²) in [5, 5.41) is 14.1. The Labute approximate surface area is 113 Å². The first-order chi connectivity index (χ1) is 9.04. The summed E-state index contributed by atoms with van der Waals surface area (Å²) in [5.74, 6) is -1.05. The van der Waals surface area contributed by atoms with Crippen LogP contribution in [0.3, 0.4) is 0 Å². The Hall–Kier alpha value is -2.15. The molecule has 0 spiro atoms. The summed E-state index contributed by atoms with van der Waals surface area (Å²) < 4.78 is 5.02. The molecule has 0 saturated carbocycles. The highest BCUT2D eigenvalue weighted by Gasteiger charge is 2.10. The lowest BCUT2D eigenvalue weighted by Gasteiger charge is -2.01. The van der Waals surface area contributed by atoms with Gasteiger partial charge in [-0.2, -0.15) is 0 Å². The average Bonchev–Trinajstić information content (AvgIpc) is 2.96. The third kappa shape index (κ3) is 3.65. The Bertz CT molecular complexity index is 602. The lowest BCUT2D eigenvalue weighted by Crippen LogP contribution is -2.24. The topological polar surface area (TPSA) is 92.4 Å². The van der Waals surface area contributed by atoms with Crippen molar-refractivity contribution in [3.8, 4) is 0 Å². The minimum absolute atomic E-state index is 0.139. The number of aromatic nitrogens is 1. The minimum atomic E-state index is -1.13. The summed E-state index contributed by atoms with van der Waals surface area (Å²) in [4.78, 5) is 26.4. The van der Waals surface area contributed by atoms with Crippen LogP contribution in [-0.2, 0) is 17.8 Å². The molecule has 0 bridgehead atoms. The number of furan rings is 1. The third-order valence-corrected chi connectivity index (χ3v) is 3.16. The van der Waals surface area contributed by atoms with Gasteiger partial charge in [0, 0.05) is 5.38 Å². The average molecular weight is 280 g/mol. The highest BCUT2D eigenvalue weighted by molar-refractivity contribution is 7.09. The Morgan fingerprint density at radius 1 is 1.47 bits per heavy atom. The van der Waals surface area contributed by atoms with E-state index in [1.165, 1.54) is 23.5 Å². The van der Waals surface area contributed by atoms with E-state index in [0.717, 1.165) is 10.7 Å². The maximum Gasteiger partial charge on any atom is 0.371 e. The number of hydrogen-bond acceptors (Lipinski definition) is 5. The van der Waals surface area contributed by atoms with Gasteiger partial charge in [0.05, 0.1) is 23.7 Å². The molecule has 0 aliphatic carbocycles. The van der Waals surface area contributed by atoms with E-state index in [9.17, 15) is 9.59 Å². The van der Waals surface area contributed by atoms with Crippen molar-refractivity contribution in [2.24, 2.45) is 0 Å². The number of carbonyl (C=O) groups excluding carboxylic acids is 1. The van der Waals surface area contributed by atoms with Crippen molar-refractivity contribution in [3.63, 3.8) is 0 Å². The molecular weight excluding hydrogens is 268 g/mol. The molecule has 6 nitrogen and oxygen atoms in total. The molecule has 100 valence electrons. The fraction of sp³-hybridized carbons (Fsp3) is 0.250. The number of carboxylic acid groups (broad SMARTS) is 1. The van der Waals surface area contributed by atoms with Gasteiger partial charge in [-0.05, 0) is 19.1 Å². The normalized spacial score (nSPS) is 10.4. The smallest absolute Gasteiger partial charge is 0.371 e. The SMILES string of the molecule is Cc1nc(CC(=O)NCc2ccc(C(=O)O)o2)cs1. The molecule has 2 heterocycles. The number of carbonyl (C=O) groups is 2. The van der Waals surface area contributed by atoms with Crippen LogP contribution in [0.15, 0.2) is 21.9 Å². The molecule has 0 aromatic carbocycles. The van der Waals surface area contributed by atoms with Gasteiger partial charge in [-0.15, -0.1) is 11.3 Å². The van der Waals surface area contributed by atoms with Crippen LogP contribution in [0.4, 0.5) is 0 Å². The molecule has 1 amide bonds. The minimum Gasteiger partial charge on any atom is -0.475 e. The van der Waals surface area contributed by atoms with Crippen molar-refractivity contribution >= 4 is 23.2 Å². The van der Waals surface area contributed by atoms with Crippen molar-refractivity contribution in [1.82, 2.24) is 10.3 Å². The lowest BCUT2D eigenvalue weighted by molar-refractivity contribution is -0.120. The van der Waals surface area contributed by atoms with E-state index in [0.29, 0.717) is 5.76 Å². The van der Waals surface area contributed by atoms with Crippen LogP contribution >= 0.6 is 11.3 Å². The maximum absolute atomic E-state index is 11.6. The summed E-state index contributed by atoms with van der Waals surface area (Å²) in [6.45, 7) is 2.04. The predicted molar refractivity (Wildman–Crippen MR) is 68.1 cm³/mol. The van der Waals surface area contributed by atoms with Gasteiger partial charge in [0.2, 0.25) is 11.7 Å². The zero-order valence-electron chi connectivity index (χ0n) is 10.2. The van der Waals surface area contributed by atoms with Crippen molar-refractivity contribution in [3.05, 3.63) is 39.7 Å². The first-order valence-electron chi connectivity index (χ1n) is 5.54. The van der Waals surface area contributed by atoms with Gasteiger partial charge in [-0.25, -0.2) is 9.78 Å². The van der Waals surface area contributed by atoms with Crippen molar-refractivity contribution in [1.29, 1.82) is 0 Å². The van der Waals surface area contributed by atoms with Crippen molar-refractivity contribution < 1.29 is 19.1 Å². The van der Waals surface area contributed by atoms with Crippen molar-refractivity contribution in [2.45, 2.75) is 19.9 Å².